The van der Waals surface area contributed by atoms with E-state index in [1.807, 2.05) is 35.7 Å². The summed E-state index contributed by atoms with van der Waals surface area (Å²) in [6.45, 7) is 0.211. The maximum Gasteiger partial charge on any atom is 0.267 e. The van der Waals surface area contributed by atoms with Gasteiger partial charge in [0.1, 0.15) is 17.3 Å². The first-order valence-electron chi connectivity index (χ1n) is 11.2. The molecule has 0 bridgehead atoms. The van der Waals surface area contributed by atoms with Crippen LogP contribution >= 0.6 is 11.3 Å². The van der Waals surface area contributed by atoms with Crippen molar-refractivity contribution in [1.29, 1.82) is 0 Å². The summed E-state index contributed by atoms with van der Waals surface area (Å²) in [6.07, 6.45) is 0.576. The van der Waals surface area contributed by atoms with Crippen LogP contribution in [0.25, 0.3) is 21.8 Å². The fourth-order valence-corrected chi connectivity index (χ4v) is 4.38. The van der Waals surface area contributed by atoms with E-state index >= 15 is 0 Å². The van der Waals surface area contributed by atoms with Crippen molar-refractivity contribution >= 4 is 17.2 Å². The molecule has 0 fully saturated rings. The van der Waals surface area contributed by atoms with Crippen molar-refractivity contribution in [2.75, 3.05) is 27.9 Å². The molecular weight excluding hydrogens is 480 g/mol. The van der Waals surface area contributed by atoms with Gasteiger partial charge in [0.05, 0.1) is 32.7 Å². The predicted octanol–water partition coefficient (Wildman–Crippen LogP) is 3.42. The van der Waals surface area contributed by atoms with Crippen LogP contribution in [-0.4, -0.2) is 48.5 Å². The highest BCUT2D eigenvalue weighted by molar-refractivity contribution is 7.13. The molecule has 1 amide bonds. The molecule has 186 valence electrons. The lowest BCUT2D eigenvalue weighted by atomic mass is 10.1. The summed E-state index contributed by atoms with van der Waals surface area (Å²) in [7, 11) is 4.74. The minimum Gasteiger partial charge on any atom is -0.497 e. The second kappa shape index (κ2) is 11.5. The zero-order chi connectivity index (χ0) is 25.5. The third-order valence-corrected chi connectivity index (χ3v) is 6.37. The Morgan fingerprint density at radius 3 is 2.42 bits per heavy atom. The summed E-state index contributed by atoms with van der Waals surface area (Å²) in [6, 6.07) is 16.1. The molecule has 0 aliphatic heterocycles. The number of aromatic nitrogens is 3. The average molecular weight is 507 g/mol. The van der Waals surface area contributed by atoms with Crippen LogP contribution in [0.1, 0.15) is 5.69 Å². The first kappa shape index (κ1) is 24.9. The highest BCUT2D eigenvalue weighted by atomic mass is 32.1. The summed E-state index contributed by atoms with van der Waals surface area (Å²) in [5.74, 6) is 1.62. The Labute approximate surface area is 212 Å². The minimum absolute atomic E-state index is 0.186. The van der Waals surface area contributed by atoms with Gasteiger partial charge in [0.25, 0.3) is 5.56 Å². The van der Waals surface area contributed by atoms with Crippen molar-refractivity contribution in [1.82, 2.24) is 20.1 Å². The molecule has 1 N–H and O–H groups in total. The van der Waals surface area contributed by atoms with Gasteiger partial charge in [-0.15, -0.1) is 11.3 Å². The quantitative estimate of drug-likeness (QED) is 0.351. The third-order valence-electron chi connectivity index (χ3n) is 5.43. The first-order valence-corrected chi connectivity index (χ1v) is 12.0. The minimum atomic E-state index is -0.363. The smallest absolute Gasteiger partial charge is 0.267 e. The van der Waals surface area contributed by atoms with E-state index in [-0.39, 0.29) is 18.0 Å². The van der Waals surface area contributed by atoms with E-state index in [0.29, 0.717) is 30.2 Å². The number of amides is 1. The van der Waals surface area contributed by atoms with Gasteiger partial charge < -0.3 is 19.5 Å². The number of carbonyl (C=O) groups is 1. The van der Waals surface area contributed by atoms with Crippen LogP contribution in [0.5, 0.6) is 17.2 Å². The van der Waals surface area contributed by atoms with Crippen LogP contribution < -0.4 is 25.1 Å². The first-order chi connectivity index (χ1) is 17.5. The average Bonchev–Trinajstić information content (AvgIpc) is 3.38. The molecule has 4 aromatic rings. The number of hydrogen-bond acceptors (Lipinski definition) is 8. The van der Waals surface area contributed by atoms with E-state index < -0.39 is 0 Å². The number of nitrogens with one attached hydrogen (secondary N) is 1. The van der Waals surface area contributed by atoms with E-state index in [2.05, 4.69) is 15.4 Å². The van der Waals surface area contributed by atoms with Crippen molar-refractivity contribution < 1.29 is 19.0 Å². The molecule has 0 aliphatic rings. The lowest BCUT2D eigenvalue weighted by Gasteiger charge is -2.11. The number of benzene rings is 2. The standard InChI is InChI=1S/C26H26N4O5S/c1-33-20-7-4-17(5-8-20)26-28-19(16-36-26)12-13-27-24(31)15-30-25(32)11-9-21(29-30)18-6-10-22(34-2)23(14-18)35-3/h4-11,14,16H,12-13,15H2,1-3H3,(H,27,31). The van der Waals surface area contributed by atoms with Crippen molar-refractivity contribution in [3.05, 3.63) is 76.0 Å². The molecule has 0 radical (unpaired) electrons. The highest BCUT2D eigenvalue weighted by Gasteiger charge is 2.11. The summed E-state index contributed by atoms with van der Waals surface area (Å²) in [4.78, 5) is 29.4. The monoisotopic (exact) mass is 506 g/mol. The highest BCUT2D eigenvalue weighted by Crippen LogP contribution is 2.31. The van der Waals surface area contributed by atoms with Gasteiger partial charge in [0, 0.05) is 35.5 Å². The zero-order valence-electron chi connectivity index (χ0n) is 20.2. The maximum absolute atomic E-state index is 12.5. The van der Waals surface area contributed by atoms with Gasteiger partial charge in [-0.2, -0.15) is 5.10 Å². The number of methoxy groups -OCH3 is 3. The van der Waals surface area contributed by atoms with Crippen LogP contribution in [0.2, 0.25) is 0 Å². The molecule has 2 heterocycles. The second-order valence-electron chi connectivity index (χ2n) is 7.76. The Kier molecular flexibility index (Phi) is 7.96. The third kappa shape index (κ3) is 5.89. The Balaban J connectivity index is 1.35. The number of thiazole rings is 1. The van der Waals surface area contributed by atoms with E-state index in [1.165, 1.54) is 6.07 Å². The Hall–Kier alpha value is -4.18. The molecule has 0 unspecified atom stereocenters. The summed E-state index contributed by atoms with van der Waals surface area (Å²) in [5, 5.41) is 10.1. The molecule has 0 saturated carbocycles. The van der Waals surface area contributed by atoms with Crippen molar-refractivity contribution in [3.63, 3.8) is 0 Å². The van der Waals surface area contributed by atoms with Gasteiger partial charge in [0.2, 0.25) is 5.91 Å². The number of rotatable bonds is 10. The SMILES string of the molecule is COc1ccc(-c2nc(CCNC(=O)Cn3nc(-c4ccc(OC)c(OC)c4)ccc3=O)cs2)cc1. The Morgan fingerprint density at radius 1 is 0.944 bits per heavy atom. The molecular formula is C26H26N4O5S. The van der Waals surface area contributed by atoms with E-state index in [0.717, 1.165) is 32.3 Å². The number of hydrogen-bond donors (Lipinski definition) is 1. The fourth-order valence-electron chi connectivity index (χ4n) is 3.52. The number of nitrogens with zero attached hydrogens (tertiary/aromatic N) is 3. The molecule has 10 heteroatoms. The van der Waals surface area contributed by atoms with E-state index in [1.54, 1.807) is 50.9 Å². The Bertz CT molecular complexity index is 1400. The maximum atomic E-state index is 12.5. The summed E-state index contributed by atoms with van der Waals surface area (Å²) < 4.78 is 16.9. The summed E-state index contributed by atoms with van der Waals surface area (Å²) >= 11 is 1.55. The van der Waals surface area contributed by atoms with Gasteiger partial charge in [-0.3, -0.25) is 9.59 Å². The Morgan fingerprint density at radius 2 is 1.69 bits per heavy atom. The van der Waals surface area contributed by atoms with Crippen molar-refractivity contribution in [2.45, 2.75) is 13.0 Å². The van der Waals surface area contributed by atoms with Crippen molar-refractivity contribution in [3.8, 4) is 39.1 Å². The molecule has 2 aromatic heterocycles. The van der Waals surface area contributed by atoms with Crippen molar-refractivity contribution in [2.24, 2.45) is 0 Å². The molecule has 0 spiro atoms. The molecule has 36 heavy (non-hydrogen) atoms. The van der Waals surface area contributed by atoms with Gasteiger partial charge in [-0.05, 0) is 48.5 Å². The molecule has 0 aliphatic carbocycles. The topological polar surface area (TPSA) is 105 Å². The normalized spacial score (nSPS) is 10.6. The lowest BCUT2D eigenvalue weighted by Crippen LogP contribution is -2.34. The molecule has 2 aromatic carbocycles. The van der Waals surface area contributed by atoms with E-state index in [4.69, 9.17) is 14.2 Å². The van der Waals surface area contributed by atoms with Gasteiger partial charge in [0.15, 0.2) is 11.5 Å². The molecule has 4 rings (SSSR count). The second-order valence-corrected chi connectivity index (χ2v) is 8.61. The molecule has 0 saturated heterocycles. The number of ether oxygens (including phenoxy) is 3. The van der Waals surface area contributed by atoms with Crippen LogP contribution in [0.3, 0.4) is 0 Å². The molecule has 9 nitrogen and oxygen atoms in total. The molecule has 0 atom stereocenters. The van der Waals surface area contributed by atoms with Gasteiger partial charge in [-0.1, -0.05) is 0 Å². The van der Waals surface area contributed by atoms with E-state index in [9.17, 15) is 9.59 Å². The van der Waals surface area contributed by atoms with Gasteiger partial charge >= 0.3 is 0 Å². The predicted molar refractivity (Wildman–Crippen MR) is 138 cm³/mol. The lowest BCUT2D eigenvalue weighted by molar-refractivity contribution is -0.121. The number of carbonyl (C=O) groups excluding carboxylic acids is 1. The van der Waals surface area contributed by atoms with Gasteiger partial charge in [-0.25, -0.2) is 9.67 Å². The fraction of sp³-hybridized carbons (Fsp3) is 0.231. The largest absolute Gasteiger partial charge is 0.497 e. The zero-order valence-corrected chi connectivity index (χ0v) is 21.0. The van der Waals surface area contributed by atoms with Crippen LogP contribution in [0.4, 0.5) is 0 Å². The van der Waals surface area contributed by atoms with Crippen LogP contribution in [0.15, 0.2) is 64.8 Å². The van der Waals surface area contributed by atoms with Crippen LogP contribution in [-0.2, 0) is 17.8 Å². The van der Waals surface area contributed by atoms with Crippen LogP contribution in [0, 0.1) is 0 Å². The summed E-state index contributed by atoms with van der Waals surface area (Å²) in [5.41, 5.74) is 2.81.